The Bertz CT molecular complexity index is 2060. The molecule has 3 nitrogen and oxygen atoms in total. The van der Waals surface area contributed by atoms with Gasteiger partial charge in [0.15, 0.2) is 0 Å². The molecule has 3 heterocycles. The normalized spacial score (nSPS) is 10.0. The van der Waals surface area contributed by atoms with Crippen molar-refractivity contribution < 1.29 is 0 Å². The van der Waals surface area contributed by atoms with Crippen molar-refractivity contribution in [3.8, 4) is 68.9 Å². The Morgan fingerprint density at radius 1 is 0.229 bits per heavy atom. The van der Waals surface area contributed by atoms with Crippen LogP contribution in [0.25, 0.3) is 33.4 Å². The summed E-state index contributed by atoms with van der Waals surface area (Å²) in [5.74, 6) is 19.4. The quantitative estimate of drug-likeness (QED) is 0.188. The van der Waals surface area contributed by atoms with Crippen LogP contribution in [-0.4, -0.2) is 15.0 Å². The lowest BCUT2D eigenvalue weighted by Gasteiger charge is -2.12. The van der Waals surface area contributed by atoms with E-state index in [-0.39, 0.29) is 0 Å². The molecular weight excluding hydrogens is 583 g/mol. The monoisotopic (exact) mass is 609 g/mol. The zero-order valence-corrected chi connectivity index (χ0v) is 25.9. The number of pyridine rings is 3. The lowest BCUT2D eigenvalue weighted by molar-refractivity contribution is 1.32. The molecule has 0 N–H and O–H groups in total. The molecule has 0 spiro atoms. The van der Waals surface area contributed by atoms with Gasteiger partial charge in [0, 0.05) is 70.6 Å². The number of rotatable bonds is 3. The van der Waals surface area contributed by atoms with E-state index in [1.54, 1.807) is 37.2 Å². The summed E-state index contributed by atoms with van der Waals surface area (Å²) in [4.78, 5) is 12.2. The fourth-order valence-electron chi connectivity index (χ4n) is 5.10. The van der Waals surface area contributed by atoms with E-state index in [2.05, 4.69) is 141 Å². The summed E-state index contributed by atoms with van der Waals surface area (Å²) >= 11 is 0. The number of aromatic nitrogens is 3. The van der Waals surface area contributed by atoms with Crippen LogP contribution in [0.4, 0.5) is 0 Å². The van der Waals surface area contributed by atoms with Crippen molar-refractivity contribution in [3.63, 3.8) is 0 Å². The van der Waals surface area contributed by atoms with E-state index < -0.39 is 0 Å². The Kier molecular flexibility index (Phi) is 8.92. The molecule has 0 radical (unpaired) electrons. The molecule has 0 aliphatic rings. The number of benzene rings is 4. The molecular formula is C45H27N3. The molecule has 3 heteroatoms. The lowest BCUT2D eigenvalue weighted by atomic mass is 9.92. The van der Waals surface area contributed by atoms with Crippen LogP contribution in [0.1, 0.15) is 33.4 Å². The molecule has 48 heavy (non-hydrogen) atoms. The third kappa shape index (κ3) is 7.62. The van der Waals surface area contributed by atoms with E-state index >= 15 is 0 Å². The first kappa shape index (κ1) is 29.7. The first-order valence-electron chi connectivity index (χ1n) is 15.5. The van der Waals surface area contributed by atoms with Gasteiger partial charge in [0.1, 0.15) is 0 Å². The predicted molar refractivity (Wildman–Crippen MR) is 193 cm³/mol. The number of hydrogen-bond acceptors (Lipinski definition) is 3. The van der Waals surface area contributed by atoms with Gasteiger partial charge in [0.25, 0.3) is 0 Å². The zero-order chi connectivity index (χ0) is 32.4. The van der Waals surface area contributed by atoms with Crippen molar-refractivity contribution in [2.75, 3.05) is 0 Å². The lowest BCUT2D eigenvalue weighted by Crippen LogP contribution is -1.87. The van der Waals surface area contributed by atoms with E-state index in [4.69, 9.17) is 0 Å². The van der Waals surface area contributed by atoms with Gasteiger partial charge in [-0.2, -0.15) is 0 Å². The van der Waals surface area contributed by atoms with Gasteiger partial charge in [0.2, 0.25) is 0 Å². The summed E-state index contributed by atoms with van der Waals surface area (Å²) in [6.45, 7) is 0. The first-order chi connectivity index (χ1) is 23.7. The molecule has 0 unspecified atom stereocenters. The zero-order valence-electron chi connectivity index (χ0n) is 25.9. The molecule has 0 aliphatic heterocycles. The molecule has 222 valence electrons. The van der Waals surface area contributed by atoms with E-state index in [0.717, 1.165) is 66.8 Å². The third-order valence-electron chi connectivity index (χ3n) is 7.68. The molecule has 0 saturated carbocycles. The Morgan fingerprint density at radius 3 is 0.667 bits per heavy atom. The second kappa shape index (κ2) is 14.4. The second-order valence-corrected chi connectivity index (χ2v) is 11.0. The molecule has 0 saturated heterocycles. The molecule has 0 bridgehead atoms. The van der Waals surface area contributed by atoms with Gasteiger partial charge >= 0.3 is 0 Å². The fraction of sp³-hybridized carbons (Fsp3) is 0. The fourth-order valence-corrected chi connectivity index (χ4v) is 5.10. The minimum Gasteiger partial charge on any atom is -0.265 e. The highest BCUT2D eigenvalue weighted by Gasteiger charge is 2.08. The highest BCUT2D eigenvalue weighted by molar-refractivity contribution is 5.81. The van der Waals surface area contributed by atoms with Crippen LogP contribution in [0.5, 0.6) is 0 Å². The van der Waals surface area contributed by atoms with Gasteiger partial charge < -0.3 is 0 Å². The Labute approximate surface area is 281 Å². The molecule has 0 atom stereocenters. The van der Waals surface area contributed by atoms with Gasteiger partial charge in [-0.1, -0.05) is 71.9 Å². The van der Waals surface area contributed by atoms with Crippen LogP contribution in [0, 0.1) is 35.5 Å². The highest BCUT2D eigenvalue weighted by Crippen LogP contribution is 2.33. The number of nitrogens with zero attached hydrogens (tertiary/aromatic N) is 3. The van der Waals surface area contributed by atoms with E-state index in [1.807, 2.05) is 36.4 Å². The smallest absolute Gasteiger partial charge is 0.0280 e. The Morgan fingerprint density at radius 2 is 0.438 bits per heavy atom. The molecule has 3 aromatic heterocycles. The maximum atomic E-state index is 4.07. The van der Waals surface area contributed by atoms with Crippen molar-refractivity contribution >= 4 is 0 Å². The van der Waals surface area contributed by atoms with Crippen LogP contribution in [-0.2, 0) is 0 Å². The van der Waals surface area contributed by atoms with Crippen molar-refractivity contribution in [3.05, 3.63) is 198 Å². The maximum Gasteiger partial charge on any atom is 0.0280 e. The van der Waals surface area contributed by atoms with E-state index in [1.165, 1.54) is 0 Å². The van der Waals surface area contributed by atoms with E-state index in [9.17, 15) is 0 Å². The largest absolute Gasteiger partial charge is 0.265 e. The standard InChI is InChI=1S/C45H27N3/c1(4-37-19-25-46-26-20-37)34-7-13-40(14-8-34)43-31-44(41-15-9-35(10-16-41)2-5-38-21-27-47-28-22-38)33-45(32-43)42-17-11-36(12-18-42)3-6-39-23-29-48-30-24-39/h7-33H. The van der Waals surface area contributed by atoms with Crippen LogP contribution < -0.4 is 0 Å². The molecule has 4 aromatic carbocycles. The van der Waals surface area contributed by atoms with Crippen LogP contribution >= 0.6 is 0 Å². The average Bonchev–Trinajstić information content (AvgIpc) is 3.17. The van der Waals surface area contributed by atoms with Gasteiger partial charge in [-0.3, -0.25) is 15.0 Å². The average molecular weight is 610 g/mol. The highest BCUT2D eigenvalue weighted by atomic mass is 14.6. The van der Waals surface area contributed by atoms with Gasteiger partial charge in [-0.15, -0.1) is 0 Å². The van der Waals surface area contributed by atoms with Crippen LogP contribution in [0.2, 0.25) is 0 Å². The van der Waals surface area contributed by atoms with Crippen molar-refractivity contribution in [1.29, 1.82) is 0 Å². The van der Waals surface area contributed by atoms with Crippen LogP contribution in [0.3, 0.4) is 0 Å². The van der Waals surface area contributed by atoms with Gasteiger partial charge in [-0.25, -0.2) is 0 Å². The molecule has 7 aromatic rings. The summed E-state index contributed by atoms with van der Waals surface area (Å²) in [6, 6.07) is 43.4. The van der Waals surface area contributed by atoms with Crippen LogP contribution in [0.15, 0.2) is 165 Å². The summed E-state index contributed by atoms with van der Waals surface area (Å²) in [5.41, 5.74) is 12.4. The van der Waals surface area contributed by atoms with Crippen molar-refractivity contribution in [1.82, 2.24) is 15.0 Å². The van der Waals surface area contributed by atoms with Gasteiger partial charge in [-0.05, 0) is 124 Å². The summed E-state index contributed by atoms with van der Waals surface area (Å²) < 4.78 is 0. The third-order valence-corrected chi connectivity index (χ3v) is 7.68. The molecule has 7 rings (SSSR count). The molecule has 0 amide bonds. The second-order valence-electron chi connectivity index (χ2n) is 11.0. The number of hydrogen-bond donors (Lipinski definition) is 0. The van der Waals surface area contributed by atoms with E-state index in [0.29, 0.717) is 0 Å². The Hall–Kier alpha value is -6.99. The first-order valence-corrected chi connectivity index (χ1v) is 15.5. The van der Waals surface area contributed by atoms with Crippen molar-refractivity contribution in [2.24, 2.45) is 0 Å². The predicted octanol–water partition coefficient (Wildman–Crippen LogP) is 9.07. The summed E-state index contributed by atoms with van der Waals surface area (Å²) in [7, 11) is 0. The Balaban J connectivity index is 1.21. The molecule has 0 aliphatic carbocycles. The van der Waals surface area contributed by atoms with Crippen molar-refractivity contribution in [2.45, 2.75) is 0 Å². The minimum absolute atomic E-state index is 0.940. The SMILES string of the molecule is C(#Cc1ccc(-c2cc(-c3ccc(C#Cc4ccncc4)cc3)cc(-c3ccc(C#Cc4ccncc4)cc3)c2)cc1)c1ccncc1. The minimum atomic E-state index is 0.940. The summed E-state index contributed by atoms with van der Waals surface area (Å²) in [5, 5.41) is 0. The molecule has 0 fully saturated rings. The topological polar surface area (TPSA) is 38.7 Å². The summed E-state index contributed by atoms with van der Waals surface area (Å²) in [6.07, 6.45) is 10.5. The van der Waals surface area contributed by atoms with Gasteiger partial charge in [0.05, 0.1) is 0 Å². The maximum absolute atomic E-state index is 4.07.